The maximum Gasteiger partial charge on any atom is 0.308 e. The molecule has 7 heteroatoms. The molecule has 0 aliphatic heterocycles. The van der Waals surface area contributed by atoms with Gasteiger partial charge >= 0.3 is 5.97 Å². The number of aromatic nitrogens is 3. The number of nitrogens with zero attached hydrogens (tertiary/aromatic N) is 3. The second-order valence-corrected chi connectivity index (χ2v) is 4.36. The summed E-state index contributed by atoms with van der Waals surface area (Å²) < 4.78 is 12.5. The van der Waals surface area contributed by atoms with E-state index in [9.17, 15) is 9.90 Å². The van der Waals surface area contributed by atoms with E-state index in [1.165, 1.54) is 6.92 Å². The van der Waals surface area contributed by atoms with Gasteiger partial charge in [0.25, 0.3) is 0 Å². The lowest BCUT2D eigenvalue weighted by Gasteiger charge is -2.12. The van der Waals surface area contributed by atoms with Crippen molar-refractivity contribution in [2.75, 3.05) is 0 Å². The Morgan fingerprint density at radius 3 is 2.86 bits per heavy atom. The lowest BCUT2D eigenvalue weighted by Crippen LogP contribution is -2.08. The molecule has 0 aliphatic carbocycles. The van der Waals surface area contributed by atoms with E-state index in [0.29, 0.717) is 23.6 Å². The molecular formula is C14H17N3O4. The van der Waals surface area contributed by atoms with Gasteiger partial charge in [-0.25, -0.2) is 4.68 Å². The highest BCUT2D eigenvalue weighted by atomic mass is 16.6. The number of aliphatic hydroxyl groups excluding tert-OH is 1. The summed E-state index contributed by atoms with van der Waals surface area (Å²) in [5.74, 6) is 0.271. The highest BCUT2D eigenvalue weighted by Crippen LogP contribution is 2.29. The molecule has 0 amide bonds. The molecule has 0 atom stereocenters. The van der Waals surface area contributed by atoms with Gasteiger partial charge < -0.3 is 14.6 Å². The number of aliphatic hydroxyl groups is 1. The Balaban J connectivity index is 2.18. The minimum absolute atomic E-state index is 0.120. The third-order valence-electron chi connectivity index (χ3n) is 2.82. The van der Waals surface area contributed by atoms with Crippen LogP contribution in [-0.2, 0) is 24.6 Å². The summed E-state index contributed by atoms with van der Waals surface area (Å²) in [5, 5.41) is 16.9. The number of hydrogen-bond acceptors (Lipinski definition) is 6. The first-order chi connectivity index (χ1) is 10.1. The Labute approximate surface area is 122 Å². The first kappa shape index (κ1) is 15.0. The number of carbonyl (C=O) groups is 1. The van der Waals surface area contributed by atoms with Crippen molar-refractivity contribution in [1.29, 1.82) is 0 Å². The van der Waals surface area contributed by atoms with Crippen LogP contribution in [0.15, 0.2) is 24.4 Å². The van der Waals surface area contributed by atoms with Crippen LogP contribution < -0.4 is 9.47 Å². The quantitative estimate of drug-likeness (QED) is 0.637. The van der Waals surface area contributed by atoms with Crippen LogP contribution in [0.3, 0.4) is 0 Å². The Morgan fingerprint density at radius 1 is 1.38 bits per heavy atom. The van der Waals surface area contributed by atoms with E-state index in [1.54, 1.807) is 29.1 Å². The zero-order valence-electron chi connectivity index (χ0n) is 11.9. The Bertz CT molecular complexity index is 624. The van der Waals surface area contributed by atoms with Gasteiger partial charge in [0.1, 0.15) is 6.61 Å². The molecule has 1 heterocycles. The largest absolute Gasteiger partial charge is 0.483 e. The van der Waals surface area contributed by atoms with Gasteiger partial charge in [-0.05, 0) is 24.6 Å². The van der Waals surface area contributed by atoms with Crippen molar-refractivity contribution < 1.29 is 19.4 Å². The standard InChI is InChI=1S/C14H17N3O4/c1-3-17-12(7-15-16-17)9-20-14-6-11(8-18)4-5-13(14)21-10(2)19/h4-7,18H,3,8-9H2,1-2H3. The molecular weight excluding hydrogens is 274 g/mol. The molecule has 2 rings (SSSR count). The summed E-state index contributed by atoms with van der Waals surface area (Å²) in [7, 11) is 0. The van der Waals surface area contributed by atoms with Crippen LogP contribution >= 0.6 is 0 Å². The number of hydrogen-bond donors (Lipinski definition) is 1. The lowest BCUT2D eigenvalue weighted by atomic mass is 10.2. The molecule has 0 saturated heterocycles. The molecule has 1 aromatic carbocycles. The van der Waals surface area contributed by atoms with E-state index < -0.39 is 5.97 Å². The number of carbonyl (C=O) groups excluding carboxylic acids is 1. The Kier molecular flexibility index (Phi) is 4.89. The second kappa shape index (κ2) is 6.85. The van der Waals surface area contributed by atoms with E-state index in [0.717, 1.165) is 5.69 Å². The molecule has 7 nitrogen and oxygen atoms in total. The van der Waals surface area contributed by atoms with Crippen molar-refractivity contribution in [3.05, 3.63) is 35.7 Å². The number of benzene rings is 1. The number of esters is 1. The number of rotatable bonds is 6. The maximum absolute atomic E-state index is 11.1. The average Bonchev–Trinajstić information content (AvgIpc) is 2.93. The molecule has 0 spiro atoms. The third kappa shape index (κ3) is 3.79. The number of ether oxygens (including phenoxy) is 2. The first-order valence-electron chi connectivity index (χ1n) is 6.56. The van der Waals surface area contributed by atoms with Gasteiger partial charge in [0.05, 0.1) is 18.5 Å². The molecule has 0 aliphatic rings. The summed E-state index contributed by atoms with van der Waals surface area (Å²) >= 11 is 0. The zero-order valence-corrected chi connectivity index (χ0v) is 11.9. The van der Waals surface area contributed by atoms with Crippen molar-refractivity contribution in [3.63, 3.8) is 0 Å². The minimum Gasteiger partial charge on any atom is -0.483 e. The van der Waals surface area contributed by atoms with Gasteiger partial charge in [0.2, 0.25) is 0 Å². The predicted octanol–water partition coefficient (Wildman–Crippen LogP) is 1.29. The summed E-state index contributed by atoms with van der Waals surface area (Å²) in [6.45, 7) is 4.08. The fourth-order valence-corrected chi connectivity index (χ4v) is 1.81. The van der Waals surface area contributed by atoms with Crippen LogP contribution in [0, 0.1) is 0 Å². The Hall–Kier alpha value is -2.41. The summed E-state index contributed by atoms with van der Waals surface area (Å²) in [6, 6.07) is 4.90. The zero-order chi connectivity index (χ0) is 15.2. The van der Waals surface area contributed by atoms with E-state index in [1.807, 2.05) is 6.92 Å². The Morgan fingerprint density at radius 2 is 2.19 bits per heavy atom. The highest BCUT2D eigenvalue weighted by Gasteiger charge is 2.11. The van der Waals surface area contributed by atoms with Crippen molar-refractivity contribution >= 4 is 5.97 Å². The van der Waals surface area contributed by atoms with Gasteiger partial charge in [-0.15, -0.1) is 5.10 Å². The molecule has 0 bridgehead atoms. The van der Waals surface area contributed by atoms with Gasteiger partial charge in [0.15, 0.2) is 11.5 Å². The van der Waals surface area contributed by atoms with Crippen LogP contribution in [0.5, 0.6) is 11.5 Å². The SMILES string of the molecule is CCn1nncc1COc1cc(CO)ccc1OC(C)=O. The lowest BCUT2D eigenvalue weighted by molar-refractivity contribution is -0.132. The van der Waals surface area contributed by atoms with Crippen LogP contribution in [0.1, 0.15) is 25.1 Å². The summed E-state index contributed by atoms with van der Waals surface area (Å²) in [6.07, 6.45) is 1.62. The first-order valence-corrected chi connectivity index (χ1v) is 6.56. The topological polar surface area (TPSA) is 86.5 Å². The van der Waals surface area contributed by atoms with Crippen molar-refractivity contribution in [3.8, 4) is 11.5 Å². The van der Waals surface area contributed by atoms with Crippen molar-refractivity contribution in [2.24, 2.45) is 0 Å². The van der Waals surface area contributed by atoms with Gasteiger partial charge in [0, 0.05) is 13.5 Å². The molecule has 21 heavy (non-hydrogen) atoms. The normalized spacial score (nSPS) is 10.4. The van der Waals surface area contributed by atoms with Crippen molar-refractivity contribution in [1.82, 2.24) is 15.0 Å². The molecule has 0 radical (unpaired) electrons. The number of aryl methyl sites for hydroxylation is 1. The monoisotopic (exact) mass is 291 g/mol. The molecule has 0 fully saturated rings. The molecule has 112 valence electrons. The molecule has 0 saturated carbocycles. The van der Waals surface area contributed by atoms with Crippen LogP contribution in [0.2, 0.25) is 0 Å². The smallest absolute Gasteiger partial charge is 0.308 e. The van der Waals surface area contributed by atoms with E-state index in [-0.39, 0.29) is 13.2 Å². The summed E-state index contributed by atoms with van der Waals surface area (Å²) in [4.78, 5) is 11.1. The predicted molar refractivity (Wildman–Crippen MR) is 73.7 cm³/mol. The van der Waals surface area contributed by atoms with E-state index in [4.69, 9.17) is 9.47 Å². The third-order valence-corrected chi connectivity index (χ3v) is 2.82. The molecule has 0 unspecified atom stereocenters. The molecule has 1 N–H and O–H groups in total. The second-order valence-electron chi connectivity index (χ2n) is 4.36. The maximum atomic E-state index is 11.1. The average molecular weight is 291 g/mol. The van der Waals surface area contributed by atoms with Gasteiger partial charge in [-0.2, -0.15) is 0 Å². The van der Waals surface area contributed by atoms with Crippen LogP contribution in [0.4, 0.5) is 0 Å². The molecule has 1 aromatic heterocycles. The summed E-state index contributed by atoms with van der Waals surface area (Å²) in [5.41, 5.74) is 1.48. The van der Waals surface area contributed by atoms with Gasteiger partial charge in [-0.3, -0.25) is 4.79 Å². The fraction of sp³-hybridized carbons (Fsp3) is 0.357. The van der Waals surface area contributed by atoms with Crippen LogP contribution in [-0.4, -0.2) is 26.1 Å². The highest BCUT2D eigenvalue weighted by molar-refractivity contribution is 5.70. The van der Waals surface area contributed by atoms with E-state index >= 15 is 0 Å². The molecule has 2 aromatic rings. The van der Waals surface area contributed by atoms with Crippen LogP contribution in [0.25, 0.3) is 0 Å². The fourth-order valence-electron chi connectivity index (χ4n) is 1.81. The minimum atomic E-state index is -0.433. The van der Waals surface area contributed by atoms with Crippen molar-refractivity contribution in [2.45, 2.75) is 33.6 Å². The van der Waals surface area contributed by atoms with E-state index in [2.05, 4.69) is 10.3 Å². The van der Waals surface area contributed by atoms with Gasteiger partial charge in [-0.1, -0.05) is 11.3 Å².